The first-order chi connectivity index (χ1) is 8.65. The minimum Gasteiger partial charge on any atom is -0.348 e. The molecule has 0 atom stereocenters. The quantitative estimate of drug-likeness (QED) is 0.740. The maximum absolute atomic E-state index is 11.7. The first-order valence-electron chi connectivity index (χ1n) is 6.40. The Morgan fingerprint density at radius 1 is 1.44 bits per heavy atom. The predicted octanol–water partition coefficient (Wildman–Crippen LogP) is 0.804. The Bertz CT molecular complexity index is 337. The van der Waals surface area contributed by atoms with E-state index in [0.29, 0.717) is 19.1 Å². The molecule has 100 valence electrons. The van der Waals surface area contributed by atoms with Crippen LogP contribution in [0.4, 0.5) is 4.79 Å². The van der Waals surface area contributed by atoms with Gasteiger partial charge in [-0.1, -0.05) is 5.92 Å². The van der Waals surface area contributed by atoms with Crippen molar-refractivity contribution in [1.82, 2.24) is 10.2 Å². The van der Waals surface area contributed by atoms with Crippen LogP contribution in [0, 0.1) is 18.3 Å². The van der Waals surface area contributed by atoms with Crippen LogP contribution in [0.3, 0.4) is 0 Å². The number of amides is 2. The van der Waals surface area contributed by atoms with Crippen LogP contribution >= 0.6 is 0 Å². The van der Waals surface area contributed by atoms with Crippen molar-refractivity contribution in [3.05, 3.63) is 0 Å². The highest BCUT2D eigenvalue weighted by Gasteiger charge is 2.41. The molecule has 2 saturated heterocycles. The molecule has 0 aromatic heterocycles. The molecule has 0 spiro atoms. The van der Waals surface area contributed by atoms with Crippen LogP contribution < -0.4 is 5.32 Å². The Balaban J connectivity index is 1.81. The number of rotatable bonds is 2. The summed E-state index contributed by atoms with van der Waals surface area (Å²) in [5, 5.41) is 2.68. The van der Waals surface area contributed by atoms with Gasteiger partial charge in [0.15, 0.2) is 5.79 Å². The molecular formula is C13H20N2O3. The number of carbonyl (C=O) groups excluding carboxylic acids is 1. The smallest absolute Gasteiger partial charge is 0.318 e. The molecule has 0 saturated carbocycles. The Labute approximate surface area is 108 Å². The second kappa shape index (κ2) is 5.59. The first-order valence-corrected chi connectivity index (χ1v) is 6.40. The van der Waals surface area contributed by atoms with E-state index < -0.39 is 5.79 Å². The van der Waals surface area contributed by atoms with Gasteiger partial charge in [0.25, 0.3) is 0 Å². The SMILES string of the molecule is C#CCNC(=O)N1CCC(C2(C)OCCO2)CC1. The van der Waals surface area contributed by atoms with E-state index in [1.807, 2.05) is 6.92 Å². The van der Waals surface area contributed by atoms with E-state index in [9.17, 15) is 4.79 Å². The van der Waals surface area contributed by atoms with Gasteiger partial charge >= 0.3 is 6.03 Å². The van der Waals surface area contributed by atoms with Gasteiger partial charge in [0.2, 0.25) is 0 Å². The van der Waals surface area contributed by atoms with E-state index in [0.717, 1.165) is 25.9 Å². The van der Waals surface area contributed by atoms with Crippen molar-refractivity contribution in [1.29, 1.82) is 0 Å². The number of piperidine rings is 1. The fourth-order valence-corrected chi connectivity index (χ4v) is 2.61. The zero-order valence-corrected chi connectivity index (χ0v) is 10.8. The van der Waals surface area contributed by atoms with Crippen LogP contribution in [0.2, 0.25) is 0 Å². The van der Waals surface area contributed by atoms with Crippen molar-refractivity contribution >= 4 is 6.03 Å². The Morgan fingerprint density at radius 2 is 2.06 bits per heavy atom. The lowest BCUT2D eigenvalue weighted by Crippen LogP contribution is -2.48. The monoisotopic (exact) mass is 252 g/mol. The topological polar surface area (TPSA) is 50.8 Å². The zero-order chi connectivity index (χ0) is 13.0. The van der Waals surface area contributed by atoms with E-state index >= 15 is 0 Å². The van der Waals surface area contributed by atoms with Gasteiger partial charge in [-0.15, -0.1) is 6.42 Å². The number of ether oxygens (including phenoxy) is 2. The lowest BCUT2D eigenvalue weighted by Gasteiger charge is -2.38. The molecule has 2 amide bonds. The molecule has 0 aliphatic carbocycles. The second-order valence-corrected chi connectivity index (χ2v) is 4.84. The Hall–Kier alpha value is -1.25. The summed E-state index contributed by atoms with van der Waals surface area (Å²) in [6.45, 7) is 5.06. The number of nitrogens with one attached hydrogen (secondary N) is 1. The van der Waals surface area contributed by atoms with Gasteiger partial charge in [-0.25, -0.2) is 4.79 Å². The standard InChI is InChI=1S/C13H20N2O3/c1-3-6-14-12(16)15-7-4-11(5-8-15)13(2)17-9-10-18-13/h1,11H,4-10H2,2H3,(H,14,16). The number of urea groups is 1. The second-order valence-electron chi connectivity index (χ2n) is 4.84. The molecule has 2 rings (SSSR count). The van der Waals surface area contributed by atoms with Crippen molar-refractivity contribution in [2.75, 3.05) is 32.8 Å². The summed E-state index contributed by atoms with van der Waals surface area (Å²) in [7, 11) is 0. The zero-order valence-electron chi connectivity index (χ0n) is 10.8. The number of nitrogens with zero attached hydrogens (tertiary/aromatic N) is 1. The molecule has 2 fully saturated rings. The van der Waals surface area contributed by atoms with Crippen molar-refractivity contribution in [2.45, 2.75) is 25.6 Å². The molecule has 0 aromatic carbocycles. The van der Waals surface area contributed by atoms with Crippen molar-refractivity contribution in [3.8, 4) is 12.3 Å². The molecule has 1 N–H and O–H groups in total. The number of likely N-dealkylation sites (tertiary alicyclic amines) is 1. The van der Waals surface area contributed by atoms with E-state index in [1.54, 1.807) is 4.90 Å². The van der Waals surface area contributed by atoms with Crippen LogP contribution in [-0.4, -0.2) is 49.6 Å². The molecule has 0 aromatic rings. The van der Waals surface area contributed by atoms with Crippen molar-refractivity contribution < 1.29 is 14.3 Å². The maximum Gasteiger partial charge on any atom is 0.318 e. The van der Waals surface area contributed by atoms with Gasteiger partial charge < -0.3 is 19.7 Å². The first kappa shape index (κ1) is 13.2. The molecular weight excluding hydrogens is 232 g/mol. The summed E-state index contributed by atoms with van der Waals surface area (Å²) < 4.78 is 11.3. The minimum atomic E-state index is -0.457. The third kappa shape index (κ3) is 2.77. The lowest BCUT2D eigenvalue weighted by atomic mass is 9.89. The van der Waals surface area contributed by atoms with Crippen molar-refractivity contribution in [2.24, 2.45) is 5.92 Å². The third-order valence-corrected chi connectivity index (χ3v) is 3.73. The normalized spacial score (nSPS) is 23.7. The van der Waals surface area contributed by atoms with Gasteiger partial charge in [0.1, 0.15) is 0 Å². The van der Waals surface area contributed by atoms with Crippen LogP contribution in [0.5, 0.6) is 0 Å². The number of hydrogen-bond acceptors (Lipinski definition) is 3. The molecule has 2 aliphatic rings. The molecule has 0 radical (unpaired) electrons. The molecule has 2 aliphatic heterocycles. The van der Waals surface area contributed by atoms with E-state index in [-0.39, 0.29) is 12.6 Å². The minimum absolute atomic E-state index is 0.0789. The number of carbonyl (C=O) groups is 1. The van der Waals surface area contributed by atoms with Crippen LogP contribution in [0.25, 0.3) is 0 Å². The third-order valence-electron chi connectivity index (χ3n) is 3.73. The van der Waals surface area contributed by atoms with E-state index in [2.05, 4.69) is 11.2 Å². The van der Waals surface area contributed by atoms with Crippen LogP contribution in [0.1, 0.15) is 19.8 Å². The fraction of sp³-hybridized carbons (Fsp3) is 0.769. The predicted molar refractivity (Wildman–Crippen MR) is 66.8 cm³/mol. The van der Waals surface area contributed by atoms with Crippen LogP contribution in [-0.2, 0) is 9.47 Å². The van der Waals surface area contributed by atoms with Gasteiger partial charge in [-0.2, -0.15) is 0 Å². The molecule has 0 unspecified atom stereocenters. The van der Waals surface area contributed by atoms with Crippen LogP contribution in [0.15, 0.2) is 0 Å². The Morgan fingerprint density at radius 3 is 2.61 bits per heavy atom. The average Bonchev–Trinajstić information content (AvgIpc) is 2.84. The average molecular weight is 252 g/mol. The van der Waals surface area contributed by atoms with Crippen molar-refractivity contribution in [3.63, 3.8) is 0 Å². The maximum atomic E-state index is 11.7. The fourth-order valence-electron chi connectivity index (χ4n) is 2.61. The highest BCUT2D eigenvalue weighted by atomic mass is 16.7. The highest BCUT2D eigenvalue weighted by molar-refractivity contribution is 5.74. The lowest BCUT2D eigenvalue weighted by molar-refractivity contribution is -0.189. The van der Waals surface area contributed by atoms with Gasteiger partial charge in [0, 0.05) is 19.0 Å². The summed E-state index contributed by atoms with van der Waals surface area (Å²) in [5.41, 5.74) is 0. The number of terminal acetylenes is 1. The summed E-state index contributed by atoms with van der Waals surface area (Å²) in [6, 6.07) is -0.0789. The molecule has 18 heavy (non-hydrogen) atoms. The van der Waals surface area contributed by atoms with Gasteiger partial charge in [0.05, 0.1) is 19.8 Å². The van der Waals surface area contributed by atoms with Gasteiger partial charge in [-0.05, 0) is 19.8 Å². The molecule has 5 nitrogen and oxygen atoms in total. The molecule has 2 heterocycles. The highest BCUT2D eigenvalue weighted by Crippen LogP contribution is 2.34. The summed E-state index contributed by atoms with van der Waals surface area (Å²) >= 11 is 0. The summed E-state index contributed by atoms with van der Waals surface area (Å²) in [6.07, 6.45) is 6.92. The number of hydrogen-bond donors (Lipinski definition) is 1. The summed E-state index contributed by atoms with van der Waals surface area (Å²) in [4.78, 5) is 13.5. The molecule has 5 heteroatoms. The summed E-state index contributed by atoms with van der Waals surface area (Å²) in [5.74, 6) is 2.30. The molecule has 0 bridgehead atoms. The van der Waals surface area contributed by atoms with E-state index in [1.165, 1.54) is 0 Å². The largest absolute Gasteiger partial charge is 0.348 e. The Kier molecular flexibility index (Phi) is 4.10. The van der Waals surface area contributed by atoms with Gasteiger partial charge in [-0.3, -0.25) is 0 Å². The van der Waals surface area contributed by atoms with E-state index in [4.69, 9.17) is 15.9 Å².